The fraction of sp³-hybridized carbons (Fsp3) is 0.222. The van der Waals surface area contributed by atoms with E-state index in [1.54, 1.807) is 26.0 Å². The monoisotopic (exact) mass is 295 g/mol. The molecule has 0 saturated heterocycles. The molecule has 22 heavy (non-hydrogen) atoms. The van der Waals surface area contributed by atoms with Gasteiger partial charge in [-0.25, -0.2) is 0 Å². The molecule has 0 aliphatic rings. The van der Waals surface area contributed by atoms with Gasteiger partial charge in [0, 0.05) is 17.9 Å². The van der Waals surface area contributed by atoms with Crippen molar-refractivity contribution in [2.75, 3.05) is 0 Å². The van der Waals surface area contributed by atoms with Crippen molar-refractivity contribution in [2.45, 2.75) is 20.3 Å². The number of carbonyl (C=O) groups excluding carboxylic acids is 1. The van der Waals surface area contributed by atoms with Crippen LogP contribution in [0.3, 0.4) is 0 Å². The van der Waals surface area contributed by atoms with Crippen molar-refractivity contribution >= 4 is 16.9 Å². The summed E-state index contributed by atoms with van der Waals surface area (Å²) in [7, 11) is 0. The summed E-state index contributed by atoms with van der Waals surface area (Å²) in [5, 5.41) is 5.07. The average Bonchev–Trinajstić information content (AvgIpc) is 2.90. The number of carbonyl (C=O) groups is 1. The van der Waals surface area contributed by atoms with Gasteiger partial charge < -0.3 is 9.26 Å². The Labute approximate surface area is 128 Å². The van der Waals surface area contributed by atoms with Crippen molar-refractivity contribution in [2.24, 2.45) is 5.92 Å². The van der Waals surface area contributed by atoms with Gasteiger partial charge in [0.15, 0.2) is 5.58 Å². The second-order valence-corrected chi connectivity index (χ2v) is 5.53. The van der Waals surface area contributed by atoms with Crippen LogP contribution in [0.15, 0.2) is 53.1 Å². The van der Waals surface area contributed by atoms with Crippen molar-refractivity contribution in [1.82, 2.24) is 5.16 Å². The van der Waals surface area contributed by atoms with Gasteiger partial charge in [-0.2, -0.15) is 0 Å². The summed E-state index contributed by atoms with van der Waals surface area (Å²) >= 11 is 0. The zero-order valence-electron chi connectivity index (χ0n) is 12.6. The molecular formula is C18H17NO3. The lowest BCUT2D eigenvalue weighted by atomic mass is 10.1. The van der Waals surface area contributed by atoms with E-state index in [1.807, 2.05) is 24.3 Å². The Morgan fingerprint density at radius 1 is 1.18 bits per heavy atom. The van der Waals surface area contributed by atoms with Gasteiger partial charge in [-0.15, -0.1) is 0 Å². The number of ether oxygens (including phenoxy) is 1. The largest absolute Gasteiger partial charge is 0.426 e. The van der Waals surface area contributed by atoms with E-state index in [2.05, 4.69) is 17.3 Å². The van der Waals surface area contributed by atoms with Crippen LogP contribution in [0.25, 0.3) is 11.0 Å². The predicted molar refractivity (Wildman–Crippen MR) is 83.7 cm³/mol. The minimum absolute atomic E-state index is 0.168. The van der Waals surface area contributed by atoms with E-state index in [4.69, 9.17) is 9.26 Å². The smallest absolute Gasteiger partial charge is 0.313 e. The van der Waals surface area contributed by atoms with E-state index in [0.717, 1.165) is 11.1 Å². The number of aromatic nitrogens is 1. The minimum atomic E-state index is -0.261. The van der Waals surface area contributed by atoms with Gasteiger partial charge >= 0.3 is 5.97 Å². The van der Waals surface area contributed by atoms with Gasteiger partial charge in [-0.05, 0) is 17.7 Å². The molecule has 0 unspecified atom stereocenters. The van der Waals surface area contributed by atoms with Crippen molar-refractivity contribution in [3.63, 3.8) is 0 Å². The topological polar surface area (TPSA) is 52.3 Å². The van der Waals surface area contributed by atoms with Crippen molar-refractivity contribution in [1.29, 1.82) is 0 Å². The van der Waals surface area contributed by atoms with Crippen LogP contribution in [-0.2, 0) is 11.2 Å². The van der Waals surface area contributed by atoms with E-state index >= 15 is 0 Å². The van der Waals surface area contributed by atoms with Crippen molar-refractivity contribution < 1.29 is 14.1 Å². The molecule has 2 aromatic carbocycles. The highest BCUT2D eigenvalue weighted by Crippen LogP contribution is 2.25. The van der Waals surface area contributed by atoms with Crippen LogP contribution in [0.2, 0.25) is 0 Å². The van der Waals surface area contributed by atoms with E-state index in [1.165, 1.54) is 5.56 Å². The molecule has 112 valence electrons. The summed E-state index contributed by atoms with van der Waals surface area (Å²) in [6.07, 6.45) is 0.707. The van der Waals surface area contributed by atoms with E-state index in [9.17, 15) is 4.79 Å². The first-order valence-electron chi connectivity index (χ1n) is 7.27. The molecule has 4 heteroatoms. The van der Waals surface area contributed by atoms with Gasteiger partial charge in [0.05, 0.1) is 11.6 Å². The van der Waals surface area contributed by atoms with Gasteiger partial charge in [-0.1, -0.05) is 49.3 Å². The standard InChI is InChI=1S/C18H17NO3/c1-12(2)18(20)21-14-8-9-15-16(19-22-17(15)11-14)10-13-6-4-3-5-7-13/h3-9,11-12H,10H2,1-2H3. The molecule has 3 rings (SSSR count). The number of hydrogen-bond donors (Lipinski definition) is 0. The molecule has 0 N–H and O–H groups in total. The lowest BCUT2D eigenvalue weighted by molar-refractivity contribution is -0.137. The van der Waals surface area contributed by atoms with E-state index in [0.29, 0.717) is 17.8 Å². The molecule has 0 saturated carbocycles. The van der Waals surface area contributed by atoms with Crippen LogP contribution in [0.4, 0.5) is 0 Å². The molecule has 4 nitrogen and oxygen atoms in total. The SMILES string of the molecule is CC(C)C(=O)Oc1ccc2c(Cc3ccccc3)noc2c1. The summed E-state index contributed by atoms with van der Waals surface area (Å²) in [5.41, 5.74) is 2.68. The number of nitrogens with zero attached hydrogens (tertiary/aromatic N) is 1. The maximum Gasteiger partial charge on any atom is 0.313 e. The first kappa shape index (κ1) is 14.3. The zero-order valence-corrected chi connectivity index (χ0v) is 12.6. The van der Waals surface area contributed by atoms with Crippen molar-refractivity contribution in [3.8, 4) is 5.75 Å². The first-order chi connectivity index (χ1) is 10.6. The average molecular weight is 295 g/mol. The molecule has 0 fully saturated rings. The molecule has 0 spiro atoms. The quantitative estimate of drug-likeness (QED) is 0.539. The third-order valence-corrected chi connectivity index (χ3v) is 3.42. The number of hydrogen-bond acceptors (Lipinski definition) is 4. The van der Waals surface area contributed by atoms with Gasteiger partial charge in [-0.3, -0.25) is 4.79 Å². The number of fused-ring (bicyclic) bond motifs is 1. The van der Waals surface area contributed by atoms with Crippen LogP contribution in [0, 0.1) is 5.92 Å². The summed E-state index contributed by atoms with van der Waals surface area (Å²) in [6.45, 7) is 3.60. The van der Waals surface area contributed by atoms with E-state index in [-0.39, 0.29) is 11.9 Å². The first-order valence-corrected chi connectivity index (χ1v) is 7.27. The molecule has 0 bridgehead atoms. The third kappa shape index (κ3) is 3.01. The van der Waals surface area contributed by atoms with Gasteiger partial charge in [0.2, 0.25) is 0 Å². The Morgan fingerprint density at radius 2 is 1.95 bits per heavy atom. The Balaban J connectivity index is 1.85. The number of benzene rings is 2. The highest BCUT2D eigenvalue weighted by molar-refractivity contribution is 5.82. The zero-order chi connectivity index (χ0) is 15.5. The molecule has 3 aromatic rings. The van der Waals surface area contributed by atoms with Gasteiger partial charge in [0.25, 0.3) is 0 Å². The number of rotatable bonds is 4. The summed E-state index contributed by atoms with van der Waals surface area (Å²) in [4.78, 5) is 11.6. The molecule has 1 heterocycles. The van der Waals surface area contributed by atoms with Crippen LogP contribution < -0.4 is 4.74 Å². The molecule has 0 atom stereocenters. The summed E-state index contributed by atoms with van der Waals surface area (Å²) in [5.74, 6) is 0.0519. The Bertz CT molecular complexity index is 790. The molecule has 0 aliphatic carbocycles. The minimum Gasteiger partial charge on any atom is -0.426 e. The lowest BCUT2D eigenvalue weighted by Crippen LogP contribution is -2.14. The molecular weight excluding hydrogens is 278 g/mol. The van der Waals surface area contributed by atoms with E-state index < -0.39 is 0 Å². The Kier molecular flexibility index (Phi) is 3.92. The summed E-state index contributed by atoms with van der Waals surface area (Å²) < 4.78 is 10.6. The molecule has 0 radical (unpaired) electrons. The van der Waals surface area contributed by atoms with Crippen LogP contribution in [-0.4, -0.2) is 11.1 Å². The highest BCUT2D eigenvalue weighted by atomic mass is 16.5. The maximum atomic E-state index is 11.6. The third-order valence-electron chi connectivity index (χ3n) is 3.42. The normalized spacial score (nSPS) is 11.0. The second-order valence-electron chi connectivity index (χ2n) is 5.53. The van der Waals surface area contributed by atoms with Gasteiger partial charge in [0.1, 0.15) is 5.75 Å². The van der Waals surface area contributed by atoms with Crippen LogP contribution in [0.5, 0.6) is 5.75 Å². The molecule has 1 aromatic heterocycles. The number of esters is 1. The van der Waals surface area contributed by atoms with Crippen LogP contribution >= 0.6 is 0 Å². The van der Waals surface area contributed by atoms with Crippen LogP contribution in [0.1, 0.15) is 25.1 Å². The predicted octanol–water partition coefficient (Wildman–Crippen LogP) is 3.98. The molecule has 0 aliphatic heterocycles. The highest BCUT2D eigenvalue weighted by Gasteiger charge is 2.13. The molecule has 0 amide bonds. The fourth-order valence-corrected chi connectivity index (χ4v) is 2.18. The fourth-order valence-electron chi connectivity index (χ4n) is 2.18. The lowest BCUT2D eigenvalue weighted by Gasteiger charge is -2.06. The van der Waals surface area contributed by atoms with Crippen molar-refractivity contribution in [3.05, 3.63) is 59.8 Å². The Hall–Kier alpha value is -2.62. The Morgan fingerprint density at radius 3 is 2.68 bits per heavy atom. The summed E-state index contributed by atoms with van der Waals surface area (Å²) in [6, 6.07) is 15.5. The maximum absolute atomic E-state index is 11.6. The second kappa shape index (κ2) is 6.02.